The fourth-order valence-corrected chi connectivity index (χ4v) is 8.62. The summed E-state index contributed by atoms with van der Waals surface area (Å²) in [4.78, 5) is 40.3. The van der Waals surface area contributed by atoms with Gasteiger partial charge in [0.1, 0.15) is 0 Å². The summed E-state index contributed by atoms with van der Waals surface area (Å²) in [6.45, 7) is 5.33. The number of thiazole rings is 1. The van der Waals surface area contributed by atoms with Gasteiger partial charge in [-0.05, 0) is 63.5 Å². The molecule has 0 aromatic carbocycles. The van der Waals surface area contributed by atoms with Crippen LogP contribution in [0.5, 0.6) is 0 Å². The average Bonchev–Trinajstić information content (AvgIpc) is 3.76. The molecule has 3 aromatic heterocycles. The van der Waals surface area contributed by atoms with Gasteiger partial charge >= 0.3 is 0 Å². The second-order valence-electron chi connectivity index (χ2n) is 12.1. The molecule has 2 amide bonds. The number of nitrogens with zero attached hydrogens (tertiary/aromatic N) is 6. The summed E-state index contributed by atoms with van der Waals surface area (Å²) in [6.07, 6.45) is 14.4. The van der Waals surface area contributed by atoms with Crippen LogP contribution in [-0.2, 0) is 22.4 Å². The second-order valence-corrected chi connectivity index (χ2v) is 13.1. The lowest BCUT2D eigenvalue weighted by Crippen LogP contribution is -2.52. The van der Waals surface area contributed by atoms with Gasteiger partial charge in [-0.15, -0.1) is 0 Å². The molecule has 3 fully saturated rings. The Hall–Kier alpha value is -3.11. The quantitative estimate of drug-likeness (QED) is 0.464. The number of piperazine rings is 1. The van der Waals surface area contributed by atoms with E-state index in [1.54, 1.807) is 17.5 Å². The van der Waals surface area contributed by atoms with Crippen LogP contribution in [0, 0.1) is 5.92 Å². The SMILES string of the molecule is CC(=O)Nc1nc2c(s1)-c1c(c(-c3cccnc3)nn1C1CCC(C(=O)N3CCN(C4CCCC4)CC3)CC1)CC2. The van der Waals surface area contributed by atoms with Crippen LogP contribution in [0.1, 0.15) is 75.6 Å². The lowest BCUT2D eigenvalue weighted by molar-refractivity contribution is -0.139. The van der Waals surface area contributed by atoms with Crippen molar-refractivity contribution in [3.63, 3.8) is 0 Å². The summed E-state index contributed by atoms with van der Waals surface area (Å²) in [6, 6.07) is 5.01. The van der Waals surface area contributed by atoms with Crippen LogP contribution in [0.25, 0.3) is 21.8 Å². The Bertz CT molecular complexity index is 1410. The first-order chi connectivity index (χ1) is 20.0. The number of aromatic nitrogens is 4. The zero-order chi connectivity index (χ0) is 27.9. The fraction of sp³-hybridized carbons (Fsp3) is 0.581. The minimum Gasteiger partial charge on any atom is -0.340 e. The van der Waals surface area contributed by atoms with Gasteiger partial charge in [-0.3, -0.25) is 24.2 Å². The van der Waals surface area contributed by atoms with Gasteiger partial charge in [0, 0.05) is 68.6 Å². The molecule has 9 nitrogen and oxygen atoms in total. The number of carbonyl (C=O) groups excluding carboxylic acids is 2. The number of fused-ring (bicyclic) bond motifs is 3. The van der Waals surface area contributed by atoms with Gasteiger partial charge in [-0.25, -0.2) is 4.98 Å². The lowest BCUT2D eigenvalue weighted by Gasteiger charge is -2.40. The Labute approximate surface area is 245 Å². The molecule has 1 saturated heterocycles. The molecule has 1 N–H and O–H groups in total. The van der Waals surface area contributed by atoms with E-state index in [9.17, 15) is 9.59 Å². The first kappa shape index (κ1) is 26.8. The highest BCUT2D eigenvalue weighted by atomic mass is 32.1. The highest BCUT2D eigenvalue weighted by Gasteiger charge is 2.36. The average molecular weight is 574 g/mol. The van der Waals surface area contributed by atoms with Crippen LogP contribution < -0.4 is 5.32 Å². The Balaban J connectivity index is 1.09. The Kier molecular flexibility index (Phi) is 7.37. The number of hydrogen-bond acceptors (Lipinski definition) is 7. The molecule has 4 heterocycles. The molecule has 0 atom stereocenters. The summed E-state index contributed by atoms with van der Waals surface area (Å²) >= 11 is 1.54. The molecule has 216 valence electrons. The molecular weight excluding hydrogens is 534 g/mol. The van der Waals surface area contributed by atoms with Gasteiger partial charge in [-0.1, -0.05) is 24.2 Å². The highest BCUT2D eigenvalue weighted by molar-refractivity contribution is 7.19. The van der Waals surface area contributed by atoms with E-state index in [0.29, 0.717) is 11.0 Å². The van der Waals surface area contributed by atoms with Crippen LogP contribution in [0.2, 0.25) is 0 Å². The number of pyridine rings is 1. The minimum absolute atomic E-state index is 0.108. The minimum atomic E-state index is -0.108. The molecule has 41 heavy (non-hydrogen) atoms. The van der Waals surface area contributed by atoms with E-state index in [0.717, 1.165) is 98.3 Å². The van der Waals surface area contributed by atoms with Crippen LogP contribution in [0.15, 0.2) is 24.5 Å². The van der Waals surface area contributed by atoms with Gasteiger partial charge in [0.25, 0.3) is 0 Å². The molecule has 0 bridgehead atoms. The summed E-state index contributed by atoms with van der Waals surface area (Å²) in [5.74, 6) is 0.361. The predicted molar refractivity (Wildman–Crippen MR) is 160 cm³/mol. The largest absolute Gasteiger partial charge is 0.340 e. The standard InChI is InChI=1S/C31H39N7O2S/c1-20(39)33-31-34-26-13-12-25-27(22-5-4-14-32-19-22)35-38(28(25)29(26)41-31)24-10-8-21(9-11-24)30(40)37-17-15-36(16-18-37)23-6-2-3-7-23/h4-5,14,19,21,23-24H,2-3,6-13,15-18H2,1H3,(H,33,34,39). The van der Waals surface area contributed by atoms with Crippen LogP contribution in [-0.4, -0.2) is 73.6 Å². The van der Waals surface area contributed by atoms with Crippen LogP contribution in [0.3, 0.4) is 0 Å². The number of anilines is 1. The molecule has 0 radical (unpaired) electrons. The van der Waals surface area contributed by atoms with E-state index in [1.807, 2.05) is 12.3 Å². The maximum Gasteiger partial charge on any atom is 0.225 e. The van der Waals surface area contributed by atoms with E-state index >= 15 is 0 Å². The van der Waals surface area contributed by atoms with Crippen molar-refractivity contribution in [3.8, 4) is 21.8 Å². The topological polar surface area (TPSA) is 96.2 Å². The maximum atomic E-state index is 13.5. The maximum absolute atomic E-state index is 13.5. The zero-order valence-electron chi connectivity index (χ0n) is 23.8. The third-order valence-corrected chi connectivity index (χ3v) is 10.6. The number of aryl methyl sites for hydroxylation is 1. The third kappa shape index (κ3) is 5.20. The number of nitrogens with one attached hydrogen (secondary N) is 1. The number of hydrogen-bond donors (Lipinski definition) is 1. The van der Waals surface area contributed by atoms with E-state index in [-0.39, 0.29) is 17.9 Å². The van der Waals surface area contributed by atoms with Crippen molar-refractivity contribution in [2.24, 2.45) is 5.92 Å². The normalized spacial score (nSPS) is 23.3. The van der Waals surface area contributed by atoms with Crippen molar-refractivity contribution in [1.82, 2.24) is 29.5 Å². The van der Waals surface area contributed by atoms with Crippen molar-refractivity contribution in [2.75, 3.05) is 31.5 Å². The molecule has 4 aliphatic rings. The number of carbonyl (C=O) groups is 2. The van der Waals surface area contributed by atoms with E-state index in [2.05, 4.69) is 30.8 Å². The first-order valence-corrected chi connectivity index (χ1v) is 16.2. The predicted octanol–water partition coefficient (Wildman–Crippen LogP) is 4.94. The molecule has 2 saturated carbocycles. The van der Waals surface area contributed by atoms with Gasteiger partial charge in [0.05, 0.1) is 28.0 Å². The molecule has 3 aromatic rings. The molecule has 7 rings (SSSR count). The molecule has 3 aliphatic carbocycles. The first-order valence-electron chi connectivity index (χ1n) is 15.4. The molecule has 0 unspecified atom stereocenters. The Morgan fingerprint density at radius 1 is 0.976 bits per heavy atom. The number of rotatable bonds is 5. The van der Waals surface area contributed by atoms with Gasteiger partial charge in [0.2, 0.25) is 11.8 Å². The summed E-state index contributed by atoms with van der Waals surface area (Å²) in [5.41, 5.74) is 5.43. The van der Waals surface area contributed by atoms with E-state index in [4.69, 9.17) is 10.1 Å². The smallest absolute Gasteiger partial charge is 0.225 e. The van der Waals surface area contributed by atoms with Gasteiger partial charge in [0.15, 0.2) is 5.13 Å². The molecule has 0 spiro atoms. The zero-order valence-corrected chi connectivity index (χ0v) is 24.7. The van der Waals surface area contributed by atoms with E-state index in [1.165, 1.54) is 38.2 Å². The van der Waals surface area contributed by atoms with Crippen molar-refractivity contribution < 1.29 is 9.59 Å². The fourth-order valence-electron chi connectivity index (χ4n) is 7.50. The molecular formula is C31H39N7O2S. The van der Waals surface area contributed by atoms with Crippen LogP contribution in [0.4, 0.5) is 5.13 Å². The van der Waals surface area contributed by atoms with Crippen molar-refractivity contribution in [1.29, 1.82) is 0 Å². The van der Waals surface area contributed by atoms with Crippen molar-refractivity contribution in [3.05, 3.63) is 35.8 Å². The second kappa shape index (κ2) is 11.3. The van der Waals surface area contributed by atoms with E-state index < -0.39 is 0 Å². The van der Waals surface area contributed by atoms with Gasteiger partial charge < -0.3 is 10.2 Å². The van der Waals surface area contributed by atoms with Crippen LogP contribution >= 0.6 is 11.3 Å². The lowest BCUT2D eigenvalue weighted by atomic mass is 9.84. The van der Waals surface area contributed by atoms with Crippen molar-refractivity contribution in [2.45, 2.75) is 83.2 Å². The number of amides is 2. The Morgan fingerprint density at radius 3 is 2.46 bits per heavy atom. The van der Waals surface area contributed by atoms with Crippen molar-refractivity contribution >= 4 is 28.3 Å². The summed E-state index contributed by atoms with van der Waals surface area (Å²) in [7, 11) is 0. The monoisotopic (exact) mass is 573 g/mol. The summed E-state index contributed by atoms with van der Waals surface area (Å²) in [5, 5.41) is 8.76. The third-order valence-electron chi connectivity index (χ3n) is 9.61. The Morgan fingerprint density at radius 2 is 1.76 bits per heavy atom. The highest BCUT2D eigenvalue weighted by Crippen LogP contribution is 2.46. The molecule has 1 aliphatic heterocycles. The molecule has 10 heteroatoms. The van der Waals surface area contributed by atoms with Gasteiger partial charge in [-0.2, -0.15) is 5.10 Å². The summed E-state index contributed by atoms with van der Waals surface area (Å²) < 4.78 is 2.23.